The molecule has 0 N–H and O–H groups in total. The summed E-state index contributed by atoms with van der Waals surface area (Å²) in [6.45, 7) is 0. The standard InChI is InChI=1S/C8H6O3S/c9-8-5-6-3-1-2-4-7(6)12(10)11-8/h1-4H,5H2. The van der Waals surface area contributed by atoms with E-state index in [1.165, 1.54) is 0 Å². The first-order valence-electron chi connectivity index (χ1n) is 3.48. The zero-order valence-electron chi connectivity index (χ0n) is 6.15. The van der Waals surface area contributed by atoms with Gasteiger partial charge in [0.05, 0.1) is 11.3 Å². The summed E-state index contributed by atoms with van der Waals surface area (Å²) in [5, 5.41) is 0. The molecule has 0 aromatic heterocycles. The van der Waals surface area contributed by atoms with E-state index in [2.05, 4.69) is 4.18 Å². The lowest BCUT2D eigenvalue weighted by Gasteiger charge is -2.12. The molecule has 0 amide bonds. The fourth-order valence-corrected chi connectivity index (χ4v) is 1.99. The normalized spacial score (nSPS) is 21.3. The maximum Gasteiger partial charge on any atom is 0.324 e. The zero-order valence-corrected chi connectivity index (χ0v) is 6.97. The van der Waals surface area contributed by atoms with Gasteiger partial charge in [-0.3, -0.25) is 4.79 Å². The number of hydrogen-bond donors (Lipinski definition) is 0. The van der Waals surface area contributed by atoms with Crippen LogP contribution in [0.3, 0.4) is 0 Å². The largest absolute Gasteiger partial charge is 0.360 e. The lowest BCUT2D eigenvalue weighted by atomic mass is 10.1. The second kappa shape index (κ2) is 2.71. The van der Waals surface area contributed by atoms with Crippen LogP contribution in [0.5, 0.6) is 0 Å². The predicted molar refractivity (Wildman–Crippen MR) is 42.6 cm³/mol. The van der Waals surface area contributed by atoms with Crippen molar-refractivity contribution < 1.29 is 13.2 Å². The maximum absolute atomic E-state index is 11.2. The predicted octanol–water partition coefficient (Wildman–Crippen LogP) is 0.808. The zero-order chi connectivity index (χ0) is 8.55. The summed E-state index contributed by atoms with van der Waals surface area (Å²) in [5.74, 6) is -0.424. The Balaban J connectivity index is 2.54. The van der Waals surface area contributed by atoms with Crippen LogP contribution in [-0.2, 0) is 26.5 Å². The molecule has 4 heteroatoms. The van der Waals surface area contributed by atoms with E-state index < -0.39 is 17.0 Å². The van der Waals surface area contributed by atoms with Crippen molar-refractivity contribution in [2.45, 2.75) is 11.3 Å². The summed E-state index contributed by atoms with van der Waals surface area (Å²) in [7, 11) is 0. The summed E-state index contributed by atoms with van der Waals surface area (Å²) >= 11 is -1.59. The minimum absolute atomic E-state index is 0.224. The fraction of sp³-hybridized carbons (Fsp3) is 0.125. The van der Waals surface area contributed by atoms with Gasteiger partial charge in [0.1, 0.15) is 0 Å². The van der Waals surface area contributed by atoms with Crippen molar-refractivity contribution in [3.05, 3.63) is 29.8 Å². The van der Waals surface area contributed by atoms with Crippen molar-refractivity contribution in [2.24, 2.45) is 0 Å². The Morgan fingerprint density at radius 2 is 2.08 bits per heavy atom. The molecule has 1 heterocycles. The molecule has 0 radical (unpaired) electrons. The Morgan fingerprint density at radius 1 is 1.33 bits per heavy atom. The first-order valence-corrected chi connectivity index (χ1v) is 4.56. The van der Waals surface area contributed by atoms with Crippen LogP contribution in [0.4, 0.5) is 0 Å². The smallest absolute Gasteiger partial charge is 0.324 e. The summed E-state index contributed by atoms with van der Waals surface area (Å²) in [5.41, 5.74) is 0.798. The van der Waals surface area contributed by atoms with E-state index >= 15 is 0 Å². The number of carbonyl (C=O) groups excluding carboxylic acids is 1. The highest BCUT2D eigenvalue weighted by molar-refractivity contribution is 7.80. The maximum atomic E-state index is 11.2. The fourth-order valence-electron chi connectivity index (χ4n) is 1.13. The third kappa shape index (κ3) is 1.14. The van der Waals surface area contributed by atoms with Crippen LogP contribution in [-0.4, -0.2) is 10.2 Å². The average Bonchev–Trinajstić information content (AvgIpc) is 2.04. The number of fused-ring (bicyclic) bond motifs is 1. The van der Waals surface area contributed by atoms with Gasteiger partial charge in [-0.2, -0.15) is 0 Å². The third-order valence-electron chi connectivity index (χ3n) is 1.66. The van der Waals surface area contributed by atoms with Crippen LogP contribution in [0.2, 0.25) is 0 Å². The Bertz CT molecular complexity index is 359. The molecule has 0 saturated heterocycles. The van der Waals surface area contributed by atoms with Crippen LogP contribution >= 0.6 is 0 Å². The Kier molecular flexibility index (Phi) is 1.69. The molecule has 62 valence electrons. The van der Waals surface area contributed by atoms with Gasteiger partial charge < -0.3 is 4.18 Å². The molecular formula is C8H6O3S. The van der Waals surface area contributed by atoms with Crippen LogP contribution in [0.1, 0.15) is 5.56 Å². The minimum atomic E-state index is -1.59. The third-order valence-corrected chi connectivity index (χ3v) is 2.75. The highest BCUT2D eigenvalue weighted by atomic mass is 32.2. The Morgan fingerprint density at radius 3 is 2.92 bits per heavy atom. The van der Waals surface area contributed by atoms with Crippen LogP contribution < -0.4 is 0 Å². The molecule has 0 bridgehead atoms. The van der Waals surface area contributed by atoms with E-state index in [0.29, 0.717) is 4.90 Å². The van der Waals surface area contributed by atoms with Gasteiger partial charge in [0.15, 0.2) is 0 Å². The molecule has 12 heavy (non-hydrogen) atoms. The molecule has 0 aliphatic carbocycles. The Hall–Kier alpha value is -1.16. The van der Waals surface area contributed by atoms with E-state index in [1.807, 2.05) is 6.07 Å². The monoisotopic (exact) mass is 182 g/mol. The van der Waals surface area contributed by atoms with E-state index in [1.54, 1.807) is 18.2 Å². The van der Waals surface area contributed by atoms with Crippen LogP contribution in [0.25, 0.3) is 0 Å². The van der Waals surface area contributed by atoms with Gasteiger partial charge in [0, 0.05) is 0 Å². The molecule has 0 spiro atoms. The van der Waals surface area contributed by atoms with Crippen LogP contribution in [0.15, 0.2) is 29.2 Å². The molecule has 1 aromatic carbocycles. The molecule has 1 atom stereocenters. The van der Waals surface area contributed by atoms with Gasteiger partial charge in [-0.25, -0.2) is 4.21 Å². The van der Waals surface area contributed by atoms with E-state index in [-0.39, 0.29) is 6.42 Å². The van der Waals surface area contributed by atoms with E-state index in [4.69, 9.17) is 0 Å². The highest BCUT2D eigenvalue weighted by Crippen LogP contribution is 2.20. The molecule has 2 rings (SSSR count). The molecule has 1 aromatic rings. The topological polar surface area (TPSA) is 43.4 Å². The minimum Gasteiger partial charge on any atom is -0.360 e. The van der Waals surface area contributed by atoms with E-state index in [0.717, 1.165) is 5.56 Å². The number of hydrogen-bond acceptors (Lipinski definition) is 3. The van der Waals surface area contributed by atoms with Gasteiger partial charge in [-0.05, 0) is 11.6 Å². The van der Waals surface area contributed by atoms with Crippen molar-refractivity contribution in [1.82, 2.24) is 0 Å². The van der Waals surface area contributed by atoms with Crippen molar-refractivity contribution in [2.75, 3.05) is 0 Å². The van der Waals surface area contributed by atoms with Crippen molar-refractivity contribution in [3.8, 4) is 0 Å². The van der Waals surface area contributed by atoms with Crippen molar-refractivity contribution in [1.29, 1.82) is 0 Å². The number of rotatable bonds is 0. The summed E-state index contributed by atoms with van der Waals surface area (Å²) in [4.78, 5) is 11.4. The first-order chi connectivity index (χ1) is 5.77. The summed E-state index contributed by atoms with van der Waals surface area (Å²) in [6, 6.07) is 7.08. The number of carbonyl (C=O) groups is 1. The quantitative estimate of drug-likeness (QED) is 0.596. The molecular weight excluding hydrogens is 176 g/mol. The van der Waals surface area contributed by atoms with Crippen LogP contribution in [0, 0.1) is 0 Å². The lowest BCUT2D eigenvalue weighted by molar-refractivity contribution is -0.133. The second-order valence-electron chi connectivity index (χ2n) is 2.47. The SMILES string of the molecule is O=C1Cc2ccccc2S(=O)O1. The van der Waals surface area contributed by atoms with Gasteiger partial charge in [-0.15, -0.1) is 0 Å². The lowest BCUT2D eigenvalue weighted by Crippen LogP contribution is -2.18. The van der Waals surface area contributed by atoms with Crippen molar-refractivity contribution >= 4 is 17.0 Å². The molecule has 0 fully saturated rings. The molecule has 1 aliphatic rings. The van der Waals surface area contributed by atoms with Gasteiger partial charge in [-0.1, -0.05) is 18.2 Å². The highest BCUT2D eigenvalue weighted by Gasteiger charge is 2.22. The molecule has 1 aliphatic heterocycles. The summed E-state index contributed by atoms with van der Waals surface area (Å²) in [6.07, 6.45) is 0.224. The number of benzene rings is 1. The summed E-state index contributed by atoms with van der Waals surface area (Å²) < 4.78 is 15.7. The van der Waals surface area contributed by atoms with Gasteiger partial charge in [0.2, 0.25) is 11.1 Å². The van der Waals surface area contributed by atoms with E-state index in [9.17, 15) is 9.00 Å². The second-order valence-corrected chi connectivity index (χ2v) is 3.55. The van der Waals surface area contributed by atoms with Gasteiger partial charge in [0.25, 0.3) is 0 Å². The molecule has 3 nitrogen and oxygen atoms in total. The Labute approximate surface area is 72.0 Å². The molecule has 0 saturated carbocycles. The van der Waals surface area contributed by atoms with Gasteiger partial charge >= 0.3 is 5.97 Å². The average molecular weight is 182 g/mol. The first kappa shape index (κ1) is 7.49. The van der Waals surface area contributed by atoms with Crippen molar-refractivity contribution in [3.63, 3.8) is 0 Å². The molecule has 1 unspecified atom stereocenters.